The van der Waals surface area contributed by atoms with Crippen LogP contribution in [-0.2, 0) is 154 Å². The maximum absolute atomic E-state index is 15.6. The highest BCUT2D eigenvalue weighted by molar-refractivity contribution is 7.48. The molecule has 1 N–H and O–H groups in total. The molecule has 0 aliphatic carbocycles. The Hall–Kier alpha value is -8.55. The molecule has 16 atom stereocenters. The fourth-order valence-electron chi connectivity index (χ4n) is 10.8. The average Bonchev–Trinajstić information content (AvgIpc) is 0.763. The normalized spacial score (nSPS) is 26.3. The van der Waals surface area contributed by atoms with Crippen LogP contribution in [0.3, 0.4) is 0 Å². The summed E-state index contributed by atoms with van der Waals surface area (Å²) in [7, 11) is -5.03. The molecule has 4 fully saturated rings. The van der Waals surface area contributed by atoms with Crippen molar-refractivity contribution in [3.8, 4) is 0 Å². The Balaban J connectivity index is 1.10. The molecule has 5 aromatic carbocycles. The third-order valence-corrected chi connectivity index (χ3v) is 16.4. The number of phosphoric ester groups is 1. The Morgan fingerprint density at radius 2 is 0.929 bits per heavy atom. The van der Waals surface area contributed by atoms with Crippen LogP contribution < -0.4 is 5.32 Å². The number of hydrogen-bond donors (Lipinski definition) is 1. The predicted molar refractivity (Wildman–Crippen MR) is 332 cm³/mol. The summed E-state index contributed by atoms with van der Waals surface area (Å²) in [5, 5.41) is 2.49. The molecule has 4 aliphatic rings. The summed E-state index contributed by atoms with van der Waals surface area (Å²) >= 11 is 0. The summed E-state index contributed by atoms with van der Waals surface area (Å²) in [6.45, 7) is 2.67. The second kappa shape index (κ2) is 35.8. The molecule has 0 saturated carbocycles. The largest absolute Gasteiger partial charge is 0.476 e. The topological polar surface area (TPSA) is 341 Å². The molecule has 0 bridgehead atoms. The number of carbonyl (C=O) groups excluding carboxylic acids is 8. The van der Waals surface area contributed by atoms with Gasteiger partial charge in [-0.05, 0) is 22.3 Å². The number of fused-ring (bicyclic) bond motifs is 1. The lowest BCUT2D eigenvalue weighted by Gasteiger charge is -2.51. The molecule has 30 heteroatoms. The van der Waals surface area contributed by atoms with Crippen LogP contribution in [0.15, 0.2) is 152 Å². The minimum Gasteiger partial charge on any atom is -0.463 e. The first-order chi connectivity index (χ1) is 47.2. The summed E-state index contributed by atoms with van der Waals surface area (Å²) in [4.78, 5) is 106. The van der Waals surface area contributed by atoms with Crippen LogP contribution in [0, 0.1) is 0 Å². The lowest BCUT2D eigenvalue weighted by Crippen LogP contribution is -2.68. The molecular weight excluding hydrogens is 1310 g/mol. The number of ether oxygens (including phenoxy) is 16. The Bertz CT molecular complexity index is 3440. The molecule has 29 nitrogen and oxygen atoms in total. The van der Waals surface area contributed by atoms with Gasteiger partial charge in [-0.1, -0.05) is 152 Å². The molecule has 0 unspecified atom stereocenters. The first kappa shape index (κ1) is 73.7. The number of amides is 1. The maximum Gasteiger partial charge on any atom is 0.476 e. The summed E-state index contributed by atoms with van der Waals surface area (Å²) < 4.78 is 132. The van der Waals surface area contributed by atoms with Gasteiger partial charge in [-0.25, -0.2) is 14.2 Å². The summed E-state index contributed by atoms with van der Waals surface area (Å²) in [6.07, 6.45) is -26.3. The second-order valence-electron chi connectivity index (χ2n) is 22.6. The molecule has 1 amide bonds. The molecule has 4 aliphatic heterocycles. The zero-order valence-corrected chi connectivity index (χ0v) is 55.1. The Morgan fingerprint density at radius 3 is 1.46 bits per heavy atom. The van der Waals surface area contributed by atoms with Crippen molar-refractivity contribution in [3.05, 3.63) is 179 Å². The van der Waals surface area contributed by atoms with Crippen LogP contribution in [0.2, 0.25) is 0 Å². The number of esters is 7. The van der Waals surface area contributed by atoms with Crippen LogP contribution >= 0.6 is 7.82 Å². The van der Waals surface area contributed by atoms with Gasteiger partial charge < -0.3 is 81.1 Å². The number of rotatable bonds is 29. The van der Waals surface area contributed by atoms with Crippen molar-refractivity contribution in [3.63, 3.8) is 0 Å². The van der Waals surface area contributed by atoms with Crippen LogP contribution in [0.1, 0.15) is 75.6 Å². The number of phosphoric acid groups is 1. The first-order valence-corrected chi connectivity index (χ1v) is 32.6. The van der Waals surface area contributed by atoms with Crippen LogP contribution in [-0.4, -0.2) is 166 Å². The zero-order valence-electron chi connectivity index (χ0n) is 54.2. The maximum atomic E-state index is 15.6. The molecular formula is C68H76NO28P. The van der Waals surface area contributed by atoms with Gasteiger partial charge in [0.1, 0.15) is 50.3 Å². The lowest BCUT2D eigenvalue weighted by molar-refractivity contribution is -0.402. The van der Waals surface area contributed by atoms with E-state index in [1.807, 2.05) is 0 Å². The van der Waals surface area contributed by atoms with E-state index in [4.69, 9.17) is 89.4 Å². The highest BCUT2D eigenvalue weighted by atomic mass is 31.2. The van der Waals surface area contributed by atoms with E-state index in [-0.39, 0.29) is 33.0 Å². The quantitative estimate of drug-likeness (QED) is 0.0289. The fraction of sp³-hybridized carbons (Fsp3) is 0.441. The van der Waals surface area contributed by atoms with Gasteiger partial charge in [0.15, 0.2) is 67.8 Å². The van der Waals surface area contributed by atoms with E-state index in [9.17, 15) is 38.4 Å². The standard InChI is InChI=1S/C68H76NO28P/c1-40(70)79-37-52-55(87-41(2)71)58(89-43(4)73)60(90-44(5)74)67(94-52)96-59-56-53(38-82-64(95-56)50-30-20-11-21-31-50)92-66(61(59)91-45(6)75)93-54-39-83-65(81-36-51(63(76)80-32-46-22-12-7-13-23-46)69-68(77)84-33-47-24-14-8-15-25-47)62(57(54)88-42(3)72)97-98(78,85-34-48-26-16-9-17-27-48)86-35-49-28-18-10-19-29-49/h7-31,51-62,64-67H,32-39H2,1-6H3,(H,69,77)/t51-,52+,53+,54+,55-,56-,57-,58-,59-,60+,61+,62+,64-,65+,66-,67+/m0/s1. The monoisotopic (exact) mass is 1390 g/mol. The van der Waals surface area contributed by atoms with E-state index >= 15 is 4.57 Å². The number of nitrogens with one attached hydrogen (secondary N) is 1. The van der Waals surface area contributed by atoms with Gasteiger partial charge in [0.25, 0.3) is 0 Å². The Labute approximate surface area is 563 Å². The first-order valence-electron chi connectivity index (χ1n) is 31.2. The van der Waals surface area contributed by atoms with Crippen molar-refractivity contribution in [2.75, 3.05) is 26.4 Å². The SMILES string of the molecule is CC(=O)OC[C@H]1O[C@H](O[C@H]2[C@H]3O[C@@H](c4ccccc4)OC[C@H]3O[C@@H](O[C@@H]3CO[C@@H](OC[C@H](NC(=O)OCc4ccccc4)C(=O)OCc4ccccc4)[C@H](OP(=O)(OCc4ccccc4)OCc4ccccc4)[C@H]3OC(C)=O)[C@@H]2OC(C)=O)[C@H](OC(C)=O)[C@@H](OC(C)=O)[C@H]1OC(C)=O. The molecule has 0 spiro atoms. The van der Waals surface area contributed by atoms with Gasteiger partial charge in [0.2, 0.25) is 0 Å². The lowest BCUT2D eigenvalue weighted by atomic mass is 9.95. The molecule has 98 heavy (non-hydrogen) atoms. The summed E-state index contributed by atoms with van der Waals surface area (Å²) in [5.41, 5.74) is 2.77. The van der Waals surface area contributed by atoms with Crippen molar-refractivity contribution >= 4 is 55.7 Å². The Kier molecular flexibility index (Phi) is 26.9. The van der Waals surface area contributed by atoms with Crippen LogP contribution in [0.4, 0.5) is 4.79 Å². The second-order valence-corrected chi connectivity index (χ2v) is 24.3. The smallest absolute Gasteiger partial charge is 0.463 e. The highest BCUT2D eigenvalue weighted by Gasteiger charge is 2.60. The Morgan fingerprint density at radius 1 is 0.459 bits per heavy atom. The van der Waals surface area contributed by atoms with Crippen molar-refractivity contribution < 1.29 is 132 Å². The molecule has 0 aromatic heterocycles. The molecule has 526 valence electrons. The van der Waals surface area contributed by atoms with E-state index < -0.39 is 174 Å². The number of carbonyl (C=O) groups is 8. The number of hydrogen-bond acceptors (Lipinski definition) is 28. The molecule has 9 rings (SSSR count). The third-order valence-electron chi connectivity index (χ3n) is 15.0. The number of benzene rings is 5. The molecule has 5 aromatic rings. The van der Waals surface area contributed by atoms with E-state index in [0.717, 1.165) is 41.5 Å². The number of alkyl carbamates (subject to hydrolysis) is 1. The fourth-order valence-corrected chi connectivity index (χ4v) is 12.1. The summed E-state index contributed by atoms with van der Waals surface area (Å²) in [6, 6.07) is 41.4. The average molecular weight is 1390 g/mol. The minimum absolute atomic E-state index is 0.199. The predicted octanol–water partition coefficient (Wildman–Crippen LogP) is 6.88. The van der Waals surface area contributed by atoms with E-state index in [0.29, 0.717) is 27.8 Å². The van der Waals surface area contributed by atoms with E-state index in [2.05, 4.69) is 5.32 Å². The highest BCUT2D eigenvalue weighted by Crippen LogP contribution is 2.54. The molecule has 4 heterocycles. The van der Waals surface area contributed by atoms with Gasteiger partial charge in [-0.15, -0.1) is 0 Å². The van der Waals surface area contributed by atoms with Crippen molar-refractivity contribution in [1.82, 2.24) is 5.32 Å². The van der Waals surface area contributed by atoms with Gasteiger partial charge in [-0.2, -0.15) is 0 Å². The van der Waals surface area contributed by atoms with Crippen LogP contribution in [0.25, 0.3) is 0 Å². The van der Waals surface area contributed by atoms with Gasteiger partial charge >= 0.3 is 55.7 Å². The molecule has 4 saturated heterocycles. The van der Waals surface area contributed by atoms with Crippen LogP contribution in [0.5, 0.6) is 0 Å². The molecule has 0 radical (unpaired) electrons. The van der Waals surface area contributed by atoms with Crippen molar-refractivity contribution in [2.24, 2.45) is 0 Å². The summed E-state index contributed by atoms with van der Waals surface area (Å²) in [5.74, 6) is -6.58. The van der Waals surface area contributed by atoms with Gasteiger partial charge in [-0.3, -0.25) is 42.3 Å². The van der Waals surface area contributed by atoms with E-state index in [1.165, 1.54) is 0 Å². The minimum atomic E-state index is -5.03. The van der Waals surface area contributed by atoms with Crippen molar-refractivity contribution in [2.45, 2.75) is 166 Å². The van der Waals surface area contributed by atoms with Gasteiger partial charge in [0, 0.05) is 47.1 Å². The zero-order chi connectivity index (χ0) is 69.7. The van der Waals surface area contributed by atoms with Gasteiger partial charge in [0.05, 0.1) is 33.0 Å². The third kappa shape index (κ3) is 21.5. The van der Waals surface area contributed by atoms with E-state index in [1.54, 1.807) is 152 Å². The van der Waals surface area contributed by atoms with Crippen molar-refractivity contribution in [1.29, 1.82) is 0 Å².